The monoisotopic (exact) mass is 443 g/mol. The fourth-order valence-electron chi connectivity index (χ4n) is 3.21. The minimum Gasteiger partial charge on any atom is -0.457 e. The van der Waals surface area contributed by atoms with E-state index in [4.69, 9.17) is 4.74 Å². The average Bonchev–Trinajstić information content (AvgIpc) is 2.78. The zero-order valence-corrected chi connectivity index (χ0v) is 17.5. The molecule has 0 radical (unpaired) electrons. The van der Waals surface area contributed by atoms with Crippen molar-refractivity contribution in [3.8, 4) is 11.5 Å². The van der Waals surface area contributed by atoms with Crippen molar-refractivity contribution in [2.75, 3.05) is 11.4 Å². The van der Waals surface area contributed by atoms with E-state index in [-0.39, 0.29) is 12.3 Å². The Morgan fingerprint density at radius 1 is 0.969 bits per heavy atom. The maximum absolute atomic E-state index is 13.1. The average molecular weight is 443 g/mol. The molecule has 0 aliphatic carbocycles. The van der Waals surface area contributed by atoms with Gasteiger partial charge in [-0.2, -0.15) is 13.2 Å². The second-order valence-electron chi connectivity index (χ2n) is 7.33. The molecule has 168 valence electrons. The van der Waals surface area contributed by atoms with E-state index in [1.54, 1.807) is 67.6 Å². The highest BCUT2D eigenvalue weighted by molar-refractivity contribution is 5.95. The van der Waals surface area contributed by atoms with Crippen LogP contribution in [0.4, 0.5) is 18.9 Å². The predicted molar refractivity (Wildman–Crippen MR) is 117 cm³/mol. The number of alkyl halides is 3. The van der Waals surface area contributed by atoms with Crippen LogP contribution in [0.3, 0.4) is 0 Å². The summed E-state index contributed by atoms with van der Waals surface area (Å²) in [6.07, 6.45) is -6.95. The number of carbonyl (C=O) groups excluding carboxylic acids is 1. The van der Waals surface area contributed by atoms with Crippen molar-refractivity contribution in [1.29, 1.82) is 0 Å². The van der Waals surface area contributed by atoms with Gasteiger partial charge in [0, 0.05) is 30.3 Å². The van der Waals surface area contributed by atoms with E-state index in [0.717, 1.165) is 0 Å². The van der Waals surface area contributed by atoms with Gasteiger partial charge in [-0.15, -0.1) is 0 Å². The van der Waals surface area contributed by atoms with Crippen LogP contribution in [0.5, 0.6) is 11.5 Å². The largest absolute Gasteiger partial charge is 0.457 e. The molecular weight excluding hydrogens is 419 g/mol. The highest BCUT2D eigenvalue weighted by Gasteiger charge is 2.39. The van der Waals surface area contributed by atoms with Crippen molar-refractivity contribution in [3.05, 3.63) is 90.0 Å². The minimum absolute atomic E-state index is 0.0491. The van der Waals surface area contributed by atoms with Crippen LogP contribution < -0.4 is 9.64 Å². The molecule has 3 aromatic rings. The number of Topliss-reactive ketones (excluding diaryl/α,β-unsaturated/α-hetero) is 1. The summed E-state index contributed by atoms with van der Waals surface area (Å²) in [5, 5.41) is 9.73. The lowest BCUT2D eigenvalue weighted by atomic mass is 10.0. The van der Waals surface area contributed by atoms with Gasteiger partial charge in [-0.05, 0) is 35.9 Å². The Morgan fingerprint density at radius 3 is 2.34 bits per heavy atom. The van der Waals surface area contributed by atoms with Crippen LogP contribution in [0, 0.1) is 0 Å². The van der Waals surface area contributed by atoms with Crippen LogP contribution in [0.1, 0.15) is 29.3 Å². The first-order chi connectivity index (χ1) is 15.3. The smallest absolute Gasteiger partial charge is 0.416 e. The van der Waals surface area contributed by atoms with E-state index in [1.165, 1.54) is 4.90 Å². The molecule has 0 aliphatic heterocycles. The molecule has 3 aromatic carbocycles. The summed E-state index contributed by atoms with van der Waals surface area (Å²) >= 11 is 0. The Hall–Kier alpha value is -3.32. The first-order valence-corrected chi connectivity index (χ1v) is 10.2. The van der Waals surface area contributed by atoms with E-state index < -0.39 is 18.8 Å². The third kappa shape index (κ3) is 6.34. The molecule has 1 atom stereocenters. The molecule has 0 aromatic heterocycles. The minimum atomic E-state index is -4.75. The number of hydrogen-bond donors (Lipinski definition) is 1. The fourth-order valence-corrected chi connectivity index (χ4v) is 3.21. The number of para-hydroxylation sites is 1. The van der Waals surface area contributed by atoms with Crippen LogP contribution in [-0.2, 0) is 6.54 Å². The van der Waals surface area contributed by atoms with Gasteiger partial charge in [0.2, 0.25) is 0 Å². The summed E-state index contributed by atoms with van der Waals surface area (Å²) in [6.45, 7) is 1.16. The van der Waals surface area contributed by atoms with E-state index in [1.807, 2.05) is 18.2 Å². The standard InChI is InChI=1S/C25H24F3NO3/c1-2-23(30)19-9-6-8-18(14-19)16-29(17-24(31)25(26,27)28)20-10-7-13-22(15-20)32-21-11-4-3-5-12-21/h3-15,24,31H,2,16-17H2,1H3/t24-/m0/s1. The SMILES string of the molecule is CCC(=O)c1cccc(CN(C[C@H](O)C(F)(F)F)c2cccc(Oc3ccccc3)c2)c1. The van der Waals surface area contributed by atoms with Crippen molar-refractivity contribution in [2.45, 2.75) is 32.2 Å². The molecule has 0 aliphatic rings. The van der Waals surface area contributed by atoms with Crippen LogP contribution >= 0.6 is 0 Å². The van der Waals surface area contributed by atoms with E-state index in [0.29, 0.717) is 34.7 Å². The highest BCUT2D eigenvalue weighted by atomic mass is 19.4. The summed E-state index contributed by atoms with van der Waals surface area (Å²) in [5.74, 6) is 0.999. The third-order valence-electron chi connectivity index (χ3n) is 4.88. The lowest BCUT2D eigenvalue weighted by molar-refractivity contribution is -0.200. The number of aliphatic hydroxyl groups is 1. The molecule has 0 fully saturated rings. The summed E-state index contributed by atoms with van der Waals surface area (Å²) in [5.41, 5.74) is 1.62. The van der Waals surface area contributed by atoms with Crippen LogP contribution in [0.2, 0.25) is 0 Å². The van der Waals surface area contributed by atoms with Gasteiger partial charge in [-0.3, -0.25) is 4.79 Å². The van der Waals surface area contributed by atoms with Crippen LogP contribution in [0.25, 0.3) is 0 Å². The van der Waals surface area contributed by atoms with Crippen LogP contribution in [0.15, 0.2) is 78.9 Å². The molecule has 0 unspecified atom stereocenters. The summed E-state index contributed by atoms with van der Waals surface area (Å²) in [7, 11) is 0. The molecule has 1 N–H and O–H groups in total. The lowest BCUT2D eigenvalue weighted by Gasteiger charge is -2.29. The van der Waals surface area contributed by atoms with E-state index in [9.17, 15) is 23.1 Å². The van der Waals surface area contributed by atoms with Crippen molar-refractivity contribution >= 4 is 11.5 Å². The maximum Gasteiger partial charge on any atom is 0.416 e. The Labute approximate surface area is 184 Å². The van der Waals surface area contributed by atoms with Gasteiger partial charge in [-0.1, -0.05) is 49.4 Å². The number of aliphatic hydroxyl groups excluding tert-OH is 1. The van der Waals surface area contributed by atoms with Crippen molar-refractivity contribution in [2.24, 2.45) is 0 Å². The number of nitrogens with zero attached hydrogens (tertiary/aromatic N) is 1. The van der Waals surface area contributed by atoms with Gasteiger partial charge in [0.15, 0.2) is 11.9 Å². The third-order valence-corrected chi connectivity index (χ3v) is 4.88. The number of benzene rings is 3. The Bertz CT molecular complexity index is 1040. The van der Waals surface area contributed by atoms with Crippen molar-refractivity contribution < 1.29 is 27.8 Å². The maximum atomic E-state index is 13.1. The number of ketones is 1. The van der Waals surface area contributed by atoms with Gasteiger partial charge in [0.1, 0.15) is 11.5 Å². The second kappa shape index (κ2) is 10.3. The quantitative estimate of drug-likeness (QED) is 0.412. The van der Waals surface area contributed by atoms with Gasteiger partial charge in [-0.25, -0.2) is 0 Å². The molecule has 0 amide bonds. The molecule has 7 heteroatoms. The first kappa shape index (κ1) is 23.3. The van der Waals surface area contributed by atoms with Crippen molar-refractivity contribution in [1.82, 2.24) is 0 Å². The summed E-state index contributed by atoms with van der Waals surface area (Å²) in [6, 6.07) is 22.5. The van der Waals surface area contributed by atoms with Crippen molar-refractivity contribution in [3.63, 3.8) is 0 Å². The zero-order chi connectivity index (χ0) is 23.1. The Morgan fingerprint density at radius 2 is 1.66 bits per heavy atom. The molecule has 0 saturated carbocycles. The Balaban J connectivity index is 1.89. The number of halogens is 3. The van der Waals surface area contributed by atoms with E-state index >= 15 is 0 Å². The molecule has 32 heavy (non-hydrogen) atoms. The zero-order valence-electron chi connectivity index (χ0n) is 17.5. The second-order valence-corrected chi connectivity index (χ2v) is 7.33. The number of ether oxygens (including phenoxy) is 1. The topological polar surface area (TPSA) is 49.8 Å². The molecule has 0 saturated heterocycles. The lowest BCUT2D eigenvalue weighted by Crippen LogP contribution is -2.40. The van der Waals surface area contributed by atoms with Gasteiger partial charge in [0.25, 0.3) is 0 Å². The predicted octanol–water partition coefficient (Wildman–Crippen LogP) is 6.00. The molecule has 4 nitrogen and oxygen atoms in total. The fraction of sp³-hybridized carbons (Fsp3) is 0.240. The molecular formula is C25H24F3NO3. The van der Waals surface area contributed by atoms with Gasteiger partial charge < -0.3 is 14.7 Å². The highest BCUT2D eigenvalue weighted by Crippen LogP contribution is 2.29. The molecule has 0 heterocycles. The molecule has 3 rings (SSSR count). The van der Waals surface area contributed by atoms with Crippen LogP contribution in [-0.4, -0.2) is 29.7 Å². The Kier molecular flexibility index (Phi) is 7.53. The normalized spacial score (nSPS) is 12.3. The first-order valence-electron chi connectivity index (χ1n) is 10.2. The molecule has 0 spiro atoms. The summed E-state index contributed by atoms with van der Waals surface area (Å²) < 4.78 is 45.1. The summed E-state index contributed by atoms with van der Waals surface area (Å²) in [4.78, 5) is 13.5. The number of hydrogen-bond acceptors (Lipinski definition) is 4. The number of carbonyl (C=O) groups is 1. The molecule has 0 bridgehead atoms. The number of anilines is 1. The number of rotatable bonds is 9. The van der Waals surface area contributed by atoms with Gasteiger partial charge >= 0.3 is 6.18 Å². The van der Waals surface area contributed by atoms with Gasteiger partial charge in [0.05, 0.1) is 6.54 Å². The van der Waals surface area contributed by atoms with E-state index in [2.05, 4.69) is 0 Å².